The standard InChI is InChI=1S/C20H30N2O/c1-15(14-20(2,3)4)16-6-8-17(9-7-16)19(23)21-18-10-12-22(5)13-11-18/h6-9,14,18H,10-13H2,1-5H3,(H,21,23). The lowest BCUT2D eigenvalue weighted by molar-refractivity contribution is 0.0917. The molecule has 1 amide bonds. The lowest BCUT2D eigenvalue weighted by atomic mass is 9.91. The van der Waals surface area contributed by atoms with Gasteiger partial charge in [-0.05, 0) is 68.6 Å². The van der Waals surface area contributed by atoms with Crippen LogP contribution in [0.15, 0.2) is 30.3 Å². The molecule has 1 aromatic rings. The van der Waals surface area contributed by atoms with Gasteiger partial charge in [0.2, 0.25) is 0 Å². The van der Waals surface area contributed by atoms with Crippen LogP contribution in [0.25, 0.3) is 5.57 Å². The van der Waals surface area contributed by atoms with Crippen molar-refractivity contribution in [3.63, 3.8) is 0 Å². The monoisotopic (exact) mass is 314 g/mol. The molecule has 0 atom stereocenters. The van der Waals surface area contributed by atoms with Crippen molar-refractivity contribution in [1.82, 2.24) is 10.2 Å². The first kappa shape index (κ1) is 17.7. The van der Waals surface area contributed by atoms with Gasteiger partial charge in [0.25, 0.3) is 5.91 Å². The van der Waals surface area contributed by atoms with Gasteiger partial charge in [-0.15, -0.1) is 0 Å². The van der Waals surface area contributed by atoms with E-state index >= 15 is 0 Å². The molecule has 1 heterocycles. The summed E-state index contributed by atoms with van der Waals surface area (Å²) < 4.78 is 0. The van der Waals surface area contributed by atoms with Crippen molar-refractivity contribution in [3.05, 3.63) is 41.5 Å². The molecule has 0 spiro atoms. The molecule has 0 aliphatic carbocycles. The third-order valence-electron chi connectivity index (χ3n) is 4.31. The van der Waals surface area contributed by atoms with Crippen LogP contribution in [0.5, 0.6) is 0 Å². The fourth-order valence-electron chi connectivity index (χ4n) is 3.04. The molecule has 1 N–H and O–H groups in total. The second kappa shape index (κ2) is 7.31. The van der Waals surface area contributed by atoms with Crippen LogP contribution >= 0.6 is 0 Å². The summed E-state index contributed by atoms with van der Waals surface area (Å²) in [7, 11) is 2.13. The van der Waals surface area contributed by atoms with Gasteiger partial charge in [0, 0.05) is 11.6 Å². The molecule has 0 aromatic heterocycles. The maximum absolute atomic E-state index is 12.4. The molecule has 0 saturated carbocycles. The zero-order valence-electron chi connectivity index (χ0n) is 15.1. The van der Waals surface area contributed by atoms with Crippen LogP contribution in [0.3, 0.4) is 0 Å². The first-order valence-corrected chi connectivity index (χ1v) is 8.54. The second-order valence-corrected chi connectivity index (χ2v) is 7.82. The van der Waals surface area contributed by atoms with Crippen LogP contribution in [0.1, 0.15) is 56.5 Å². The van der Waals surface area contributed by atoms with Crippen molar-refractivity contribution in [2.24, 2.45) is 5.41 Å². The summed E-state index contributed by atoms with van der Waals surface area (Å²) in [6.45, 7) is 10.8. The Morgan fingerprint density at radius 2 is 1.65 bits per heavy atom. The predicted molar refractivity (Wildman–Crippen MR) is 97.5 cm³/mol. The largest absolute Gasteiger partial charge is 0.349 e. The van der Waals surface area contributed by atoms with Crippen LogP contribution in [-0.2, 0) is 0 Å². The zero-order valence-corrected chi connectivity index (χ0v) is 15.1. The molecule has 1 saturated heterocycles. The lowest BCUT2D eigenvalue weighted by Gasteiger charge is -2.29. The van der Waals surface area contributed by atoms with Crippen LogP contribution in [0.2, 0.25) is 0 Å². The van der Waals surface area contributed by atoms with Gasteiger partial charge in [0.15, 0.2) is 0 Å². The van der Waals surface area contributed by atoms with Crippen molar-refractivity contribution in [2.45, 2.75) is 46.6 Å². The van der Waals surface area contributed by atoms with Gasteiger partial charge in [-0.1, -0.05) is 39.0 Å². The Kier molecular flexibility index (Phi) is 5.64. The average Bonchev–Trinajstić information content (AvgIpc) is 2.48. The SMILES string of the molecule is CC(=CC(C)(C)C)c1ccc(C(=O)NC2CCN(C)CC2)cc1. The van der Waals surface area contributed by atoms with Crippen molar-refractivity contribution < 1.29 is 4.79 Å². The van der Waals surface area contributed by atoms with Crippen molar-refractivity contribution in [1.29, 1.82) is 0 Å². The summed E-state index contributed by atoms with van der Waals surface area (Å²) in [4.78, 5) is 14.7. The van der Waals surface area contributed by atoms with E-state index < -0.39 is 0 Å². The molecule has 1 aliphatic heterocycles. The number of hydrogen-bond acceptors (Lipinski definition) is 2. The molecule has 0 radical (unpaired) electrons. The number of likely N-dealkylation sites (tertiary alicyclic amines) is 1. The zero-order chi connectivity index (χ0) is 17.0. The molecule has 1 fully saturated rings. The Hall–Kier alpha value is -1.61. The maximum atomic E-state index is 12.4. The van der Waals surface area contributed by atoms with Crippen LogP contribution in [0.4, 0.5) is 0 Å². The Morgan fingerprint density at radius 3 is 2.17 bits per heavy atom. The van der Waals surface area contributed by atoms with Crippen molar-refractivity contribution in [2.75, 3.05) is 20.1 Å². The first-order chi connectivity index (χ1) is 10.7. The van der Waals surface area contributed by atoms with E-state index in [0.717, 1.165) is 31.5 Å². The van der Waals surface area contributed by atoms with E-state index in [9.17, 15) is 4.79 Å². The van der Waals surface area contributed by atoms with Gasteiger partial charge in [-0.25, -0.2) is 0 Å². The van der Waals surface area contributed by atoms with Crippen LogP contribution in [0, 0.1) is 5.41 Å². The highest BCUT2D eigenvalue weighted by Gasteiger charge is 2.19. The number of piperidine rings is 1. The number of nitrogens with one attached hydrogen (secondary N) is 1. The number of nitrogens with zero attached hydrogens (tertiary/aromatic N) is 1. The highest BCUT2D eigenvalue weighted by atomic mass is 16.1. The molecule has 23 heavy (non-hydrogen) atoms. The molecule has 1 aliphatic rings. The van der Waals surface area contributed by atoms with Crippen LogP contribution in [-0.4, -0.2) is 37.0 Å². The van der Waals surface area contributed by atoms with Crippen molar-refractivity contribution in [3.8, 4) is 0 Å². The summed E-state index contributed by atoms with van der Waals surface area (Å²) in [5.41, 5.74) is 3.33. The molecule has 3 nitrogen and oxygen atoms in total. The smallest absolute Gasteiger partial charge is 0.251 e. The van der Waals surface area contributed by atoms with E-state index in [1.165, 1.54) is 11.1 Å². The van der Waals surface area contributed by atoms with E-state index in [0.29, 0.717) is 6.04 Å². The Bertz CT molecular complexity index is 558. The van der Waals surface area contributed by atoms with E-state index in [1.807, 2.05) is 24.3 Å². The average molecular weight is 314 g/mol. The summed E-state index contributed by atoms with van der Waals surface area (Å²) >= 11 is 0. The molecule has 2 rings (SSSR count). The van der Waals surface area contributed by atoms with Gasteiger partial charge in [-0.2, -0.15) is 0 Å². The number of hydrogen-bond donors (Lipinski definition) is 1. The summed E-state index contributed by atoms with van der Waals surface area (Å²) in [5.74, 6) is 0.0450. The predicted octanol–water partition coefficient (Wildman–Crippen LogP) is 3.96. The number of amides is 1. The van der Waals surface area contributed by atoms with E-state index in [4.69, 9.17) is 0 Å². The van der Waals surface area contributed by atoms with E-state index in [1.54, 1.807) is 0 Å². The second-order valence-electron chi connectivity index (χ2n) is 7.82. The quantitative estimate of drug-likeness (QED) is 0.916. The maximum Gasteiger partial charge on any atom is 0.251 e. The fraction of sp³-hybridized carbons (Fsp3) is 0.550. The molecule has 126 valence electrons. The Balaban J connectivity index is 1.99. The highest BCUT2D eigenvalue weighted by molar-refractivity contribution is 5.94. The minimum atomic E-state index is 0.0450. The van der Waals surface area contributed by atoms with Crippen LogP contribution < -0.4 is 5.32 Å². The fourth-order valence-corrected chi connectivity index (χ4v) is 3.04. The van der Waals surface area contributed by atoms with E-state index in [2.05, 4.69) is 51.0 Å². The summed E-state index contributed by atoms with van der Waals surface area (Å²) in [5, 5.41) is 3.16. The number of carbonyl (C=O) groups excluding carboxylic acids is 1. The first-order valence-electron chi connectivity index (χ1n) is 8.54. The molecule has 3 heteroatoms. The third-order valence-corrected chi connectivity index (χ3v) is 4.31. The molecule has 0 bridgehead atoms. The van der Waals surface area contributed by atoms with Gasteiger partial charge in [0.1, 0.15) is 0 Å². The normalized spacial score (nSPS) is 18.0. The summed E-state index contributed by atoms with van der Waals surface area (Å²) in [6, 6.07) is 8.25. The van der Waals surface area contributed by atoms with Crippen molar-refractivity contribution >= 4 is 11.5 Å². The number of benzene rings is 1. The highest BCUT2D eigenvalue weighted by Crippen LogP contribution is 2.23. The molecule has 0 unspecified atom stereocenters. The summed E-state index contributed by atoms with van der Waals surface area (Å²) in [6.07, 6.45) is 4.34. The minimum absolute atomic E-state index is 0.0450. The van der Waals surface area contributed by atoms with Gasteiger partial charge < -0.3 is 10.2 Å². The topological polar surface area (TPSA) is 32.3 Å². The third kappa shape index (κ3) is 5.51. The molecule has 1 aromatic carbocycles. The Morgan fingerprint density at radius 1 is 1.13 bits per heavy atom. The van der Waals surface area contributed by atoms with Gasteiger partial charge in [0.05, 0.1) is 0 Å². The number of carbonyl (C=O) groups is 1. The van der Waals surface area contributed by atoms with Gasteiger partial charge >= 0.3 is 0 Å². The minimum Gasteiger partial charge on any atom is -0.349 e. The molecular weight excluding hydrogens is 284 g/mol. The lowest BCUT2D eigenvalue weighted by Crippen LogP contribution is -2.43. The number of rotatable bonds is 3. The number of allylic oxidation sites excluding steroid dienone is 2. The molecular formula is C20H30N2O. The Labute approximate surface area is 140 Å². The van der Waals surface area contributed by atoms with Gasteiger partial charge in [-0.3, -0.25) is 4.79 Å². The van der Waals surface area contributed by atoms with E-state index in [-0.39, 0.29) is 11.3 Å².